The molecule has 2 N–H and O–H groups in total. The van der Waals surface area contributed by atoms with Gasteiger partial charge in [0.2, 0.25) is 0 Å². The van der Waals surface area contributed by atoms with Gasteiger partial charge in [0.05, 0.1) is 5.60 Å². The lowest BCUT2D eigenvalue weighted by Gasteiger charge is -2.38. The van der Waals surface area contributed by atoms with E-state index in [4.69, 9.17) is 0 Å². The average Bonchev–Trinajstić information content (AvgIpc) is 2.80. The summed E-state index contributed by atoms with van der Waals surface area (Å²) in [5, 5.41) is 12.1. The maximum absolute atomic E-state index is 10.9. The van der Waals surface area contributed by atoms with Crippen molar-refractivity contribution < 1.29 is 5.11 Å². The van der Waals surface area contributed by atoms with Gasteiger partial charge in [-0.2, -0.15) is 0 Å². The van der Waals surface area contributed by atoms with E-state index in [1.54, 1.807) is 0 Å². The first kappa shape index (κ1) is 10.8. The molecule has 2 atom stereocenters. The van der Waals surface area contributed by atoms with Crippen LogP contribution in [-0.4, -0.2) is 10.1 Å². The van der Waals surface area contributed by atoms with Gasteiger partial charge in [-0.3, -0.25) is 0 Å². The Morgan fingerprint density at radius 3 is 3.00 bits per heavy atom. The fourth-order valence-electron chi connectivity index (χ4n) is 3.08. The van der Waals surface area contributed by atoms with Crippen molar-refractivity contribution in [2.75, 3.05) is 0 Å². The molecule has 0 radical (unpaired) electrons. The van der Waals surface area contributed by atoms with Crippen LogP contribution in [0.3, 0.4) is 0 Å². The van der Waals surface area contributed by atoms with Gasteiger partial charge in [-0.15, -0.1) is 0 Å². The summed E-state index contributed by atoms with van der Waals surface area (Å²) < 4.78 is 0. The van der Waals surface area contributed by atoms with Gasteiger partial charge >= 0.3 is 0 Å². The molecule has 0 bridgehead atoms. The third kappa shape index (κ3) is 1.67. The Labute approximate surface area is 102 Å². The third-order valence-electron chi connectivity index (χ3n) is 4.31. The van der Waals surface area contributed by atoms with Crippen molar-refractivity contribution in [3.05, 3.63) is 36.0 Å². The molecule has 90 valence electrons. The molecule has 0 saturated heterocycles. The maximum Gasteiger partial charge on any atom is 0.0922 e. The number of rotatable bonds is 1. The van der Waals surface area contributed by atoms with Crippen molar-refractivity contribution >= 4 is 10.9 Å². The molecular formula is C15H19NO. The van der Waals surface area contributed by atoms with Crippen molar-refractivity contribution in [3.63, 3.8) is 0 Å². The van der Waals surface area contributed by atoms with Crippen LogP contribution in [0.4, 0.5) is 0 Å². The second kappa shape index (κ2) is 3.88. The number of benzene rings is 1. The highest BCUT2D eigenvalue weighted by molar-refractivity contribution is 5.80. The van der Waals surface area contributed by atoms with Crippen LogP contribution < -0.4 is 0 Å². The van der Waals surface area contributed by atoms with Crippen molar-refractivity contribution in [2.24, 2.45) is 5.92 Å². The zero-order valence-electron chi connectivity index (χ0n) is 10.2. The number of aromatic nitrogens is 1. The number of fused-ring (bicyclic) bond motifs is 1. The molecule has 1 aliphatic rings. The van der Waals surface area contributed by atoms with E-state index in [0.29, 0.717) is 5.92 Å². The Kier molecular flexibility index (Phi) is 2.48. The van der Waals surface area contributed by atoms with Gasteiger partial charge in [-0.1, -0.05) is 25.8 Å². The predicted octanol–water partition coefficient (Wildman–Crippen LogP) is 3.57. The topological polar surface area (TPSA) is 36.0 Å². The van der Waals surface area contributed by atoms with Crippen molar-refractivity contribution in [2.45, 2.75) is 38.2 Å². The first-order chi connectivity index (χ1) is 8.20. The SMILES string of the molecule is CC1CCCCC1(O)c1ccc2[nH]ccc2c1. The normalized spacial score (nSPS) is 29.6. The Balaban J connectivity index is 2.06. The van der Waals surface area contributed by atoms with E-state index in [2.05, 4.69) is 36.2 Å². The first-order valence-electron chi connectivity index (χ1n) is 6.50. The molecule has 17 heavy (non-hydrogen) atoms. The quantitative estimate of drug-likeness (QED) is 0.770. The molecule has 0 amide bonds. The van der Waals surface area contributed by atoms with Gasteiger partial charge in [0.15, 0.2) is 0 Å². The van der Waals surface area contributed by atoms with E-state index < -0.39 is 5.60 Å². The van der Waals surface area contributed by atoms with Gasteiger partial charge in [-0.05, 0) is 47.9 Å². The summed E-state index contributed by atoms with van der Waals surface area (Å²) in [5.41, 5.74) is 1.60. The van der Waals surface area contributed by atoms with Crippen LogP contribution in [0, 0.1) is 5.92 Å². The highest BCUT2D eigenvalue weighted by Crippen LogP contribution is 2.41. The van der Waals surface area contributed by atoms with Crippen molar-refractivity contribution in [1.82, 2.24) is 4.98 Å². The summed E-state index contributed by atoms with van der Waals surface area (Å²) in [6.45, 7) is 2.17. The second-order valence-electron chi connectivity index (χ2n) is 5.35. The minimum atomic E-state index is -0.621. The number of hydrogen-bond donors (Lipinski definition) is 2. The zero-order valence-corrected chi connectivity index (χ0v) is 10.2. The lowest BCUT2D eigenvalue weighted by molar-refractivity contribution is -0.0468. The number of aromatic amines is 1. The fraction of sp³-hybridized carbons (Fsp3) is 0.467. The van der Waals surface area contributed by atoms with Crippen LogP contribution in [0.5, 0.6) is 0 Å². The molecule has 1 aromatic carbocycles. The van der Waals surface area contributed by atoms with Crippen molar-refractivity contribution in [1.29, 1.82) is 0 Å². The monoisotopic (exact) mass is 229 g/mol. The molecule has 1 heterocycles. The van der Waals surface area contributed by atoms with Crippen LogP contribution in [0.2, 0.25) is 0 Å². The van der Waals surface area contributed by atoms with Crippen LogP contribution >= 0.6 is 0 Å². The van der Waals surface area contributed by atoms with Gasteiger partial charge in [-0.25, -0.2) is 0 Å². The molecule has 0 aliphatic heterocycles. The largest absolute Gasteiger partial charge is 0.385 e. The van der Waals surface area contributed by atoms with Gasteiger partial charge in [0, 0.05) is 11.7 Å². The molecule has 1 aromatic heterocycles. The molecule has 1 saturated carbocycles. The highest BCUT2D eigenvalue weighted by atomic mass is 16.3. The predicted molar refractivity (Wildman–Crippen MR) is 69.8 cm³/mol. The van der Waals surface area contributed by atoms with Crippen LogP contribution in [0.15, 0.2) is 30.5 Å². The number of nitrogens with one attached hydrogen (secondary N) is 1. The van der Waals surface area contributed by atoms with E-state index in [1.165, 1.54) is 11.8 Å². The molecule has 2 heteroatoms. The lowest BCUT2D eigenvalue weighted by atomic mass is 9.72. The van der Waals surface area contributed by atoms with Crippen LogP contribution in [-0.2, 0) is 5.60 Å². The van der Waals surface area contributed by atoms with E-state index in [1.807, 2.05) is 6.20 Å². The Bertz CT molecular complexity index is 530. The van der Waals surface area contributed by atoms with Gasteiger partial charge in [0.25, 0.3) is 0 Å². The Morgan fingerprint density at radius 1 is 1.29 bits per heavy atom. The molecule has 1 aliphatic carbocycles. The second-order valence-corrected chi connectivity index (χ2v) is 5.35. The number of hydrogen-bond acceptors (Lipinski definition) is 1. The van der Waals surface area contributed by atoms with Crippen LogP contribution in [0.25, 0.3) is 10.9 Å². The third-order valence-corrected chi connectivity index (χ3v) is 4.31. The summed E-state index contributed by atoms with van der Waals surface area (Å²) in [5.74, 6) is 0.354. The fourth-order valence-corrected chi connectivity index (χ4v) is 3.08. The van der Waals surface area contributed by atoms with Crippen LogP contribution in [0.1, 0.15) is 38.2 Å². The summed E-state index contributed by atoms with van der Waals surface area (Å²) in [7, 11) is 0. The maximum atomic E-state index is 10.9. The highest BCUT2D eigenvalue weighted by Gasteiger charge is 2.37. The smallest absolute Gasteiger partial charge is 0.0922 e. The molecule has 0 spiro atoms. The number of H-pyrrole nitrogens is 1. The average molecular weight is 229 g/mol. The molecule has 2 nitrogen and oxygen atoms in total. The van der Waals surface area contributed by atoms with E-state index in [-0.39, 0.29) is 0 Å². The molecule has 3 rings (SSSR count). The van der Waals surface area contributed by atoms with Gasteiger partial charge in [0.1, 0.15) is 0 Å². The first-order valence-corrected chi connectivity index (χ1v) is 6.50. The lowest BCUT2D eigenvalue weighted by Crippen LogP contribution is -2.36. The molecule has 1 fully saturated rings. The molecule has 2 unspecified atom stereocenters. The minimum Gasteiger partial charge on any atom is -0.385 e. The molecule has 2 aromatic rings. The molecular weight excluding hydrogens is 210 g/mol. The van der Waals surface area contributed by atoms with Crippen molar-refractivity contribution in [3.8, 4) is 0 Å². The van der Waals surface area contributed by atoms with E-state index in [9.17, 15) is 5.11 Å². The summed E-state index contributed by atoms with van der Waals surface area (Å²) >= 11 is 0. The summed E-state index contributed by atoms with van der Waals surface area (Å²) in [6, 6.07) is 8.34. The summed E-state index contributed by atoms with van der Waals surface area (Å²) in [4.78, 5) is 3.19. The van der Waals surface area contributed by atoms with Gasteiger partial charge < -0.3 is 10.1 Å². The minimum absolute atomic E-state index is 0.354. The summed E-state index contributed by atoms with van der Waals surface area (Å²) in [6.07, 6.45) is 6.34. The Hall–Kier alpha value is -1.28. The number of aliphatic hydroxyl groups is 1. The van der Waals surface area contributed by atoms with E-state index >= 15 is 0 Å². The Morgan fingerprint density at radius 2 is 2.18 bits per heavy atom. The van der Waals surface area contributed by atoms with E-state index in [0.717, 1.165) is 30.3 Å². The zero-order chi connectivity index (χ0) is 11.9. The standard InChI is InChI=1S/C15H19NO/c1-11-4-2-3-8-15(11,17)13-5-6-14-12(10-13)7-9-16-14/h5-7,9-11,16-17H,2-4,8H2,1H3.